The number of aromatic nitrogens is 3. The molecule has 0 aliphatic carbocycles. The third kappa shape index (κ3) is 5.08. The van der Waals surface area contributed by atoms with E-state index in [1.165, 1.54) is 24.7 Å². The van der Waals surface area contributed by atoms with Gasteiger partial charge in [-0.1, -0.05) is 24.3 Å². The molecule has 0 atom stereocenters. The predicted molar refractivity (Wildman–Crippen MR) is 148 cm³/mol. The molecule has 0 bridgehead atoms. The van der Waals surface area contributed by atoms with Crippen LogP contribution in [0.3, 0.4) is 0 Å². The number of benzene rings is 1. The number of hydrogen-bond acceptors (Lipinski definition) is 6. The van der Waals surface area contributed by atoms with Crippen molar-refractivity contribution >= 4 is 33.6 Å². The molecule has 2 amide bonds. The molecule has 222 valence electrons. The Kier molecular flexibility index (Phi) is 7.71. The van der Waals surface area contributed by atoms with Crippen molar-refractivity contribution in [3.8, 4) is 5.75 Å². The highest BCUT2D eigenvalue weighted by Gasteiger charge is 2.33. The van der Waals surface area contributed by atoms with Crippen molar-refractivity contribution in [1.29, 1.82) is 0 Å². The number of nitrogens with zero attached hydrogens (tertiary/aromatic N) is 4. The Morgan fingerprint density at radius 1 is 1.14 bits per heavy atom. The molecule has 13 heteroatoms. The second kappa shape index (κ2) is 11.1. The van der Waals surface area contributed by atoms with Crippen molar-refractivity contribution in [2.24, 2.45) is 7.05 Å². The van der Waals surface area contributed by atoms with E-state index in [1.54, 1.807) is 40.8 Å². The van der Waals surface area contributed by atoms with E-state index in [0.29, 0.717) is 47.9 Å². The van der Waals surface area contributed by atoms with Crippen LogP contribution in [0.2, 0.25) is 0 Å². The number of alkyl halides is 3. The van der Waals surface area contributed by atoms with Crippen molar-refractivity contribution in [2.75, 3.05) is 26.8 Å². The second-order valence-electron chi connectivity index (χ2n) is 10.3. The highest BCUT2D eigenvalue weighted by atomic mass is 19.4. The average Bonchev–Trinajstić information content (AvgIpc) is 3.27. The molecular weight excluding hydrogens is 555 g/mol. The Hall–Kier alpha value is -4.39. The van der Waals surface area contributed by atoms with Gasteiger partial charge in [-0.3, -0.25) is 14.4 Å². The first kappa shape index (κ1) is 29.1. The third-order valence-corrected chi connectivity index (χ3v) is 7.81. The average molecular weight is 586 g/mol. The summed E-state index contributed by atoms with van der Waals surface area (Å²) in [4.78, 5) is 44.7. The summed E-state index contributed by atoms with van der Waals surface area (Å²) in [5, 5.41) is 12.9. The Bertz CT molecular complexity index is 1750. The molecule has 0 spiro atoms. The molecule has 1 fully saturated rings. The number of pyridine rings is 2. The van der Waals surface area contributed by atoms with Crippen LogP contribution in [0, 0.1) is 6.92 Å². The summed E-state index contributed by atoms with van der Waals surface area (Å²) in [5.74, 6) is -0.722. The minimum Gasteiger partial charge on any atom is -0.493 e. The number of ether oxygens (including phenoxy) is 1. The van der Waals surface area contributed by atoms with Gasteiger partial charge >= 0.3 is 6.18 Å². The summed E-state index contributed by atoms with van der Waals surface area (Å²) < 4.78 is 48.3. The number of carbonyl (C=O) groups is 2. The van der Waals surface area contributed by atoms with E-state index in [2.05, 4.69) is 10.3 Å². The number of aryl methyl sites for hydroxylation is 2. The first-order valence-electron chi connectivity index (χ1n) is 13.4. The fourth-order valence-corrected chi connectivity index (χ4v) is 5.65. The molecule has 1 aromatic carbocycles. The van der Waals surface area contributed by atoms with Gasteiger partial charge in [0, 0.05) is 37.3 Å². The molecule has 42 heavy (non-hydrogen) atoms. The van der Waals surface area contributed by atoms with Gasteiger partial charge in [-0.25, -0.2) is 4.98 Å². The largest absolute Gasteiger partial charge is 0.493 e. The highest BCUT2D eigenvalue weighted by molar-refractivity contribution is 6.12. The fraction of sp³-hybridized carbons (Fsp3) is 0.379. The molecule has 5 rings (SSSR count). The van der Waals surface area contributed by atoms with Gasteiger partial charge in [-0.05, 0) is 37.5 Å². The number of methoxy groups -OCH3 is 1. The van der Waals surface area contributed by atoms with E-state index in [-0.39, 0.29) is 41.0 Å². The van der Waals surface area contributed by atoms with Crippen molar-refractivity contribution in [1.82, 2.24) is 24.3 Å². The first-order chi connectivity index (χ1) is 20.0. The predicted octanol–water partition coefficient (Wildman–Crippen LogP) is 2.99. The van der Waals surface area contributed by atoms with Crippen LogP contribution in [0.25, 0.3) is 21.8 Å². The summed E-state index contributed by atoms with van der Waals surface area (Å²) in [7, 11) is 3.04. The highest BCUT2D eigenvalue weighted by Crippen LogP contribution is 2.35. The zero-order valence-electron chi connectivity index (χ0n) is 23.3. The number of fused-ring (bicyclic) bond motifs is 3. The Morgan fingerprint density at radius 3 is 2.45 bits per heavy atom. The fourth-order valence-electron chi connectivity index (χ4n) is 5.65. The number of likely N-dealkylation sites (tertiary alicyclic amines) is 1. The molecule has 1 aliphatic heterocycles. The normalized spacial score (nSPS) is 14.5. The van der Waals surface area contributed by atoms with Gasteiger partial charge in [-0.2, -0.15) is 13.2 Å². The number of amides is 2. The SMILES string of the molecule is COc1c(C(=O)NC2CCN(C(=O)CO)CC2)n(C)c2c1c(=O)n(Cc1ccc(C(F)(F)F)nc1C)c1ccccc21. The van der Waals surface area contributed by atoms with Crippen LogP contribution >= 0.6 is 0 Å². The zero-order chi connectivity index (χ0) is 30.3. The van der Waals surface area contributed by atoms with Gasteiger partial charge in [0.25, 0.3) is 11.5 Å². The van der Waals surface area contributed by atoms with Gasteiger partial charge in [0.1, 0.15) is 17.7 Å². The maximum atomic E-state index is 14.1. The Morgan fingerprint density at radius 2 is 1.83 bits per heavy atom. The van der Waals surface area contributed by atoms with Crippen LogP contribution in [-0.4, -0.2) is 68.8 Å². The number of piperidine rings is 1. The van der Waals surface area contributed by atoms with Gasteiger partial charge in [0.2, 0.25) is 5.91 Å². The van der Waals surface area contributed by atoms with Crippen molar-refractivity contribution in [3.63, 3.8) is 0 Å². The smallest absolute Gasteiger partial charge is 0.433 e. The summed E-state index contributed by atoms with van der Waals surface area (Å²) in [5.41, 5.74) is 0.271. The maximum Gasteiger partial charge on any atom is 0.433 e. The van der Waals surface area contributed by atoms with Crippen LogP contribution in [0.15, 0.2) is 41.2 Å². The zero-order valence-corrected chi connectivity index (χ0v) is 23.3. The van der Waals surface area contributed by atoms with Crippen LogP contribution in [-0.2, 0) is 24.6 Å². The molecule has 0 saturated carbocycles. The summed E-state index contributed by atoms with van der Waals surface area (Å²) in [6.07, 6.45) is -3.59. The van der Waals surface area contributed by atoms with E-state index in [4.69, 9.17) is 9.84 Å². The number of hydrogen-bond donors (Lipinski definition) is 2. The minimum atomic E-state index is -4.59. The number of aliphatic hydroxyl groups is 1. The molecule has 2 N–H and O–H groups in total. The van der Waals surface area contributed by atoms with E-state index >= 15 is 0 Å². The molecule has 10 nitrogen and oxygen atoms in total. The molecule has 3 aromatic heterocycles. The second-order valence-corrected chi connectivity index (χ2v) is 10.3. The van der Waals surface area contributed by atoms with E-state index in [9.17, 15) is 27.6 Å². The monoisotopic (exact) mass is 585 g/mol. The van der Waals surface area contributed by atoms with Gasteiger partial charge in [0.05, 0.1) is 24.7 Å². The van der Waals surface area contributed by atoms with Gasteiger partial charge in [0.15, 0.2) is 11.4 Å². The molecule has 4 aromatic rings. The van der Waals surface area contributed by atoms with Gasteiger partial charge < -0.3 is 29.2 Å². The summed E-state index contributed by atoms with van der Waals surface area (Å²) in [6, 6.07) is 9.07. The van der Waals surface area contributed by atoms with Gasteiger partial charge in [-0.15, -0.1) is 0 Å². The van der Waals surface area contributed by atoms with Crippen molar-refractivity contribution < 1.29 is 32.6 Å². The summed E-state index contributed by atoms with van der Waals surface area (Å²) in [6.45, 7) is 1.64. The number of para-hydroxylation sites is 1. The van der Waals surface area contributed by atoms with Crippen LogP contribution in [0.1, 0.15) is 40.3 Å². The minimum absolute atomic E-state index is 0.0447. The first-order valence-corrected chi connectivity index (χ1v) is 13.4. The van der Waals surface area contributed by atoms with Crippen LogP contribution in [0.4, 0.5) is 13.2 Å². The number of halogens is 3. The molecular formula is C29H30F3N5O5. The van der Waals surface area contributed by atoms with Crippen LogP contribution < -0.4 is 15.6 Å². The standard InChI is InChI=1S/C29H30F3N5O5/c1-16-17(8-9-21(33-16)29(30,31)32)14-37-20-7-5-4-6-19(20)24-23(28(37)41)26(42-3)25(35(24)2)27(40)34-18-10-12-36(13-11-18)22(39)15-38/h4-9,18,38H,10-15H2,1-3H3,(H,34,40). The number of carbonyl (C=O) groups excluding carboxylic acids is 2. The lowest BCUT2D eigenvalue weighted by Gasteiger charge is -2.32. The molecule has 4 heterocycles. The lowest BCUT2D eigenvalue weighted by Crippen LogP contribution is -2.47. The van der Waals surface area contributed by atoms with E-state index in [0.717, 1.165) is 6.07 Å². The van der Waals surface area contributed by atoms with E-state index in [1.807, 2.05) is 0 Å². The topological polar surface area (TPSA) is 119 Å². The maximum absolute atomic E-state index is 14.1. The van der Waals surface area contributed by atoms with E-state index < -0.39 is 29.9 Å². The summed E-state index contributed by atoms with van der Waals surface area (Å²) >= 11 is 0. The third-order valence-electron chi connectivity index (χ3n) is 7.81. The molecule has 1 aliphatic rings. The van der Waals surface area contributed by atoms with Crippen molar-refractivity contribution in [3.05, 3.63) is 69.4 Å². The number of aliphatic hydroxyl groups excluding tert-OH is 1. The quantitative estimate of drug-likeness (QED) is 0.359. The Labute approximate surface area is 238 Å². The molecule has 0 unspecified atom stereocenters. The van der Waals surface area contributed by atoms with Crippen LogP contribution in [0.5, 0.6) is 5.75 Å². The lowest BCUT2D eigenvalue weighted by atomic mass is 10.0. The molecule has 0 radical (unpaired) electrons. The lowest BCUT2D eigenvalue weighted by molar-refractivity contribution is -0.141. The Balaban J connectivity index is 1.57. The molecule has 1 saturated heterocycles. The number of rotatable bonds is 6. The number of nitrogens with one attached hydrogen (secondary N) is 1. The van der Waals surface area contributed by atoms with Crippen molar-refractivity contribution in [2.45, 2.75) is 38.5 Å².